The molecule has 0 aliphatic rings. The number of benzene rings is 2. The number of fused-ring (bicyclic) bond motifs is 1. The summed E-state index contributed by atoms with van der Waals surface area (Å²) in [5.74, 6) is 0.795. The number of aromatic hydroxyl groups is 1. The third-order valence-electron chi connectivity index (χ3n) is 3.61. The summed E-state index contributed by atoms with van der Waals surface area (Å²) in [6, 6.07) is 9.88. The molecular weight excluding hydrogens is 267 g/mol. The predicted octanol–water partition coefficient (Wildman–Crippen LogP) is 4.27. The van der Waals surface area contributed by atoms with Gasteiger partial charge in [-0.25, -0.2) is 9.37 Å². The van der Waals surface area contributed by atoms with Gasteiger partial charge in [0.2, 0.25) is 0 Å². The van der Waals surface area contributed by atoms with Gasteiger partial charge < -0.3 is 9.67 Å². The van der Waals surface area contributed by atoms with Crippen LogP contribution in [0.5, 0.6) is 5.75 Å². The fourth-order valence-electron chi connectivity index (χ4n) is 2.65. The van der Waals surface area contributed by atoms with Crippen LogP contribution in [0.25, 0.3) is 22.4 Å². The summed E-state index contributed by atoms with van der Waals surface area (Å²) in [6.07, 6.45) is 0.937. The van der Waals surface area contributed by atoms with E-state index in [1.165, 1.54) is 12.1 Å². The van der Waals surface area contributed by atoms with E-state index in [9.17, 15) is 9.50 Å². The number of imidazole rings is 1. The van der Waals surface area contributed by atoms with Gasteiger partial charge in [-0.3, -0.25) is 0 Å². The molecule has 3 aromatic rings. The highest BCUT2D eigenvalue weighted by atomic mass is 19.1. The van der Waals surface area contributed by atoms with Crippen molar-refractivity contribution in [3.63, 3.8) is 0 Å². The normalized spacial score (nSPS) is 11.2. The quantitative estimate of drug-likeness (QED) is 0.780. The zero-order chi connectivity index (χ0) is 15.0. The fraction of sp³-hybridized carbons (Fsp3) is 0.235. The highest BCUT2D eigenvalue weighted by molar-refractivity contribution is 5.81. The van der Waals surface area contributed by atoms with E-state index in [-0.39, 0.29) is 11.6 Å². The van der Waals surface area contributed by atoms with Crippen LogP contribution in [0.3, 0.4) is 0 Å². The summed E-state index contributed by atoms with van der Waals surface area (Å²) >= 11 is 0. The average molecular weight is 284 g/mol. The van der Waals surface area contributed by atoms with E-state index < -0.39 is 0 Å². The zero-order valence-electron chi connectivity index (χ0n) is 12.1. The van der Waals surface area contributed by atoms with Crippen LogP contribution in [-0.4, -0.2) is 14.7 Å². The van der Waals surface area contributed by atoms with Crippen molar-refractivity contribution in [3.8, 4) is 17.1 Å². The first-order valence-electron chi connectivity index (χ1n) is 7.06. The molecule has 0 aliphatic heterocycles. The Hall–Kier alpha value is -2.36. The fourth-order valence-corrected chi connectivity index (χ4v) is 2.65. The van der Waals surface area contributed by atoms with Gasteiger partial charge in [0, 0.05) is 12.1 Å². The molecule has 0 saturated carbocycles. The molecule has 1 N–H and O–H groups in total. The van der Waals surface area contributed by atoms with E-state index in [4.69, 9.17) is 0 Å². The Morgan fingerprint density at radius 1 is 1.19 bits per heavy atom. The third kappa shape index (κ3) is 2.37. The first-order valence-corrected chi connectivity index (χ1v) is 7.06. The Kier molecular flexibility index (Phi) is 3.37. The molecule has 1 aromatic heterocycles. The zero-order valence-corrected chi connectivity index (χ0v) is 12.1. The van der Waals surface area contributed by atoms with Gasteiger partial charge in [-0.15, -0.1) is 0 Å². The lowest BCUT2D eigenvalue weighted by atomic mass is 10.1. The molecule has 0 aliphatic carbocycles. The van der Waals surface area contributed by atoms with Crippen molar-refractivity contribution in [1.29, 1.82) is 0 Å². The molecule has 0 atom stereocenters. The van der Waals surface area contributed by atoms with Crippen molar-refractivity contribution in [2.75, 3.05) is 0 Å². The number of hydrogen-bond acceptors (Lipinski definition) is 2. The Bertz CT molecular complexity index is 808. The SMILES string of the molecule is CCCn1c(-c2ccc(O)cc2C)nc2ccc(F)cc21. The Balaban J connectivity index is 2.28. The molecule has 0 spiro atoms. The summed E-state index contributed by atoms with van der Waals surface area (Å²) in [7, 11) is 0. The van der Waals surface area contributed by atoms with E-state index in [2.05, 4.69) is 11.9 Å². The number of aromatic nitrogens is 2. The molecular formula is C17H17FN2O. The summed E-state index contributed by atoms with van der Waals surface area (Å²) in [6.45, 7) is 4.79. The largest absolute Gasteiger partial charge is 0.508 e. The summed E-state index contributed by atoms with van der Waals surface area (Å²) in [5.41, 5.74) is 3.49. The topological polar surface area (TPSA) is 38.0 Å². The highest BCUT2D eigenvalue weighted by Gasteiger charge is 2.14. The molecule has 3 rings (SSSR count). The van der Waals surface area contributed by atoms with Gasteiger partial charge >= 0.3 is 0 Å². The van der Waals surface area contributed by atoms with Crippen LogP contribution >= 0.6 is 0 Å². The first kappa shape index (κ1) is 13.6. The second-order valence-electron chi connectivity index (χ2n) is 5.22. The molecule has 2 aromatic carbocycles. The number of nitrogens with zero attached hydrogens (tertiary/aromatic N) is 2. The minimum absolute atomic E-state index is 0.237. The van der Waals surface area contributed by atoms with Gasteiger partial charge in [0.25, 0.3) is 0 Å². The van der Waals surface area contributed by atoms with Gasteiger partial charge in [-0.2, -0.15) is 0 Å². The molecule has 1 heterocycles. The number of phenols is 1. The minimum atomic E-state index is -0.256. The summed E-state index contributed by atoms with van der Waals surface area (Å²) < 4.78 is 15.6. The van der Waals surface area contributed by atoms with Crippen molar-refractivity contribution in [1.82, 2.24) is 9.55 Å². The van der Waals surface area contributed by atoms with Crippen molar-refractivity contribution < 1.29 is 9.50 Å². The molecule has 0 unspecified atom stereocenters. The maximum atomic E-state index is 13.5. The van der Waals surface area contributed by atoms with Gasteiger partial charge in [-0.1, -0.05) is 6.92 Å². The van der Waals surface area contributed by atoms with Crippen molar-refractivity contribution in [3.05, 3.63) is 47.8 Å². The number of aryl methyl sites for hydroxylation is 2. The third-order valence-corrected chi connectivity index (χ3v) is 3.61. The maximum Gasteiger partial charge on any atom is 0.141 e. The van der Waals surface area contributed by atoms with Crippen LogP contribution in [0.2, 0.25) is 0 Å². The molecule has 3 nitrogen and oxygen atoms in total. The highest BCUT2D eigenvalue weighted by Crippen LogP contribution is 2.29. The van der Waals surface area contributed by atoms with Crippen molar-refractivity contribution >= 4 is 11.0 Å². The van der Waals surface area contributed by atoms with Crippen molar-refractivity contribution in [2.24, 2.45) is 0 Å². The lowest BCUT2D eigenvalue weighted by Gasteiger charge is -2.10. The van der Waals surface area contributed by atoms with E-state index in [1.54, 1.807) is 18.2 Å². The standard InChI is InChI=1S/C17H17FN2O/c1-3-8-20-16-10-12(18)4-7-15(16)19-17(20)14-6-5-13(21)9-11(14)2/h4-7,9-10,21H,3,8H2,1-2H3. The first-order chi connectivity index (χ1) is 10.1. The van der Waals surface area contributed by atoms with E-state index in [0.29, 0.717) is 0 Å². The Morgan fingerprint density at radius 2 is 2.00 bits per heavy atom. The van der Waals surface area contributed by atoms with Gasteiger partial charge in [-0.05, 0) is 55.3 Å². The molecule has 0 fully saturated rings. The molecule has 4 heteroatoms. The van der Waals surface area contributed by atoms with Crippen LogP contribution in [0.15, 0.2) is 36.4 Å². The van der Waals surface area contributed by atoms with Crippen LogP contribution in [0, 0.1) is 12.7 Å². The minimum Gasteiger partial charge on any atom is -0.508 e. The van der Waals surface area contributed by atoms with Gasteiger partial charge in [0.05, 0.1) is 11.0 Å². The van der Waals surface area contributed by atoms with E-state index in [0.717, 1.165) is 41.0 Å². The van der Waals surface area contributed by atoms with Crippen LogP contribution in [-0.2, 0) is 6.54 Å². The molecule has 21 heavy (non-hydrogen) atoms. The maximum absolute atomic E-state index is 13.5. The molecule has 108 valence electrons. The van der Waals surface area contributed by atoms with Crippen LogP contribution in [0.4, 0.5) is 4.39 Å². The Morgan fingerprint density at radius 3 is 2.71 bits per heavy atom. The molecule has 0 radical (unpaired) electrons. The smallest absolute Gasteiger partial charge is 0.141 e. The second-order valence-corrected chi connectivity index (χ2v) is 5.22. The molecule has 0 saturated heterocycles. The number of hydrogen-bond donors (Lipinski definition) is 1. The van der Waals surface area contributed by atoms with Gasteiger partial charge in [0.15, 0.2) is 0 Å². The summed E-state index contributed by atoms with van der Waals surface area (Å²) in [4.78, 5) is 4.65. The van der Waals surface area contributed by atoms with E-state index in [1.807, 2.05) is 17.6 Å². The molecule has 0 amide bonds. The lowest BCUT2D eigenvalue weighted by Crippen LogP contribution is -2.00. The van der Waals surface area contributed by atoms with Gasteiger partial charge in [0.1, 0.15) is 17.4 Å². The monoisotopic (exact) mass is 284 g/mol. The second kappa shape index (κ2) is 5.20. The lowest BCUT2D eigenvalue weighted by molar-refractivity contribution is 0.475. The average Bonchev–Trinajstić information content (AvgIpc) is 2.78. The number of halogens is 1. The molecule has 0 bridgehead atoms. The van der Waals surface area contributed by atoms with Crippen LogP contribution in [0.1, 0.15) is 18.9 Å². The Labute approximate surface area is 122 Å². The van der Waals surface area contributed by atoms with E-state index >= 15 is 0 Å². The summed E-state index contributed by atoms with van der Waals surface area (Å²) in [5, 5.41) is 9.56. The van der Waals surface area contributed by atoms with Crippen molar-refractivity contribution in [2.45, 2.75) is 26.8 Å². The van der Waals surface area contributed by atoms with Crippen LogP contribution < -0.4 is 0 Å². The number of phenolic OH excluding ortho intramolecular Hbond substituents is 1. The predicted molar refractivity (Wildman–Crippen MR) is 81.8 cm³/mol. The number of rotatable bonds is 3.